The van der Waals surface area contributed by atoms with Gasteiger partial charge in [0.2, 0.25) is 0 Å². The molecule has 122 valence electrons. The van der Waals surface area contributed by atoms with E-state index < -0.39 is 35.2 Å². The third-order valence-corrected chi connectivity index (χ3v) is 3.61. The molecule has 0 aromatic heterocycles. The highest BCUT2D eigenvalue weighted by Gasteiger charge is 2.36. The average Bonchev–Trinajstić information content (AvgIpc) is 2.49. The molecule has 0 fully saturated rings. The van der Waals surface area contributed by atoms with Crippen LogP contribution in [-0.4, -0.2) is 28.8 Å². The van der Waals surface area contributed by atoms with Crippen LogP contribution in [0, 0.1) is 0 Å². The first-order valence-electron chi connectivity index (χ1n) is 6.49. The largest absolute Gasteiger partial charge is 0.480 e. The van der Waals surface area contributed by atoms with E-state index in [2.05, 4.69) is 17.9 Å². The summed E-state index contributed by atoms with van der Waals surface area (Å²) < 4.78 is 39.6. The number of aliphatic carboxylic acids is 1. The van der Waals surface area contributed by atoms with Crippen molar-refractivity contribution in [3.05, 3.63) is 47.5 Å². The molecule has 8 heteroatoms. The lowest BCUT2D eigenvalue weighted by atomic mass is 9.97. The van der Waals surface area contributed by atoms with Crippen LogP contribution in [-0.2, 0) is 11.0 Å². The fourth-order valence-corrected chi connectivity index (χ4v) is 2.42. The van der Waals surface area contributed by atoms with Gasteiger partial charge in [-0.15, -0.1) is 0 Å². The maximum atomic E-state index is 13.2. The molecule has 0 heterocycles. The Labute approximate surface area is 134 Å². The highest BCUT2D eigenvalue weighted by atomic mass is 32.1. The molecule has 0 spiro atoms. The predicted molar refractivity (Wildman–Crippen MR) is 81.7 cm³/mol. The average molecular weight is 343 g/mol. The van der Waals surface area contributed by atoms with Crippen LogP contribution in [0.15, 0.2) is 36.4 Å². The molecule has 0 bridgehead atoms. The summed E-state index contributed by atoms with van der Waals surface area (Å²) in [4.78, 5) is 23.2. The first kappa shape index (κ1) is 17.1. The minimum atomic E-state index is -4.74. The number of hydrogen-bond donors (Lipinski definition) is 3. The van der Waals surface area contributed by atoms with Crippen molar-refractivity contribution in [2.24, 2.45) is 0 Å². The van der Waals surface area contributed by atoms with Gasteiger partial charge in [-0.1, -0.05) is 30.3 Å². The number of amides is 1. The fourth-order valence-electron chi connectivity index (χ4n) is 2.17. The molecule has 4 nitrogen and oxygen atoms in total. The molecule has 0 unspecified atom stereocenters. The Morgan fingerprint density at radius 3 is 2.39 bits per heavy atom. The van der Waals surface area contributed by atoms with Crippen LogP contribution < -0.4 is 5.32 Å². The summed E-state index contributed by atoms with van der Waals surface area (Å²) in [5.41, 5.74) is -1.71. The Bertz CT molecular complexity index is 761. The Hall–Kier alpha value is -2.22. The molecule has 1 atom stereocenters. The Balaban J connectivity index is 2.60. The van der Waals surface area contributed by atoms with E-state index in [4.69, 9.17) is 5.11 Å². The summed E-state index contributed by atoms with van der Waals surface area (Å²) in [6.45, 7) is 0. The summed E-state index contributed by atoms with van der Waals surface area (Å²) in [6, 6.07) is 6.79. The Morgan fingerprint density at radius 1 is 1.17 bits per heavy atom. The second kappa shape index (κ2) is 6.49. The predicted octanol–water partition coefficient (Wildman–Crippen LogP) is 2.97. The van der Waals surface area contributed by atoms with Crippen LogP contribution >= 0.6 is 12.6 Å². The van der Waals surface area contributed by atoms with E-state index in [1.54, 1.807) is 12.1 Å². The Kier molecular flexibility index (Phi) is 4.84. The van der Waals surface area contributed by atoms with Crippen molar-refractivity contribution in [1.82, 2.24) is 5.32 Å². The van der Waals surface area contributed by atoms with Crippen LogP contribution in [0.4, 0.5) is 13.2 Å². The van der Waals surface area contributed by atoms with Gasteiger partial charge in [-0.3, -0.25) is 4.79 Å². The van der Waals surface area contributed by atoms with Crippen LogP contribution in [0.3, 0.4) is 0 Å². The van der Waals surface area contributed by atoms with Gasteiger partial charge in [-0.25, -0.2) is 4.79 Å². The Morgan fingerprint density at radius 2 is 1.83 bits per heavy atom. The van der Waals surface area contributed by atoms with Crippen LogP contribution in [0.25, 0.3) is 10.8 Å². The number of alkyl halides is 3. The summed E-state index contributed by atoms with van der Waals surface area (Å²) in [5, 5.41) is 11.5. The van der Waals surface area contributed by atoms with E-state index >= 15 is 0 Å². The number of rotatable bonds is 4. The smallest absolute Gasteiger partial charge is 0.417 e. The second-order valence-electron chi connectivity index (χ2n) is 4.75. The third kappa shape index (κ3) is 3.58. The zero-order chi connectivity index (χ0) is 17.2. The fraction of sp³-hybridized carbons (Fsp3) is 0.200. The molecule has 1 amide bonds. The first-order valence-corrected chi connectivity index (χ1v) is 7.12. The number of carbonyl (C=O) groups is 2. The zero-order valence-corrected chi connectivity index (χ0v) is 12.5. The van der Waals surface area contributed by atoms with E-state index in [9.17, 15) is 22.8 Å². The van der Waals surface area contributed by atoms with Crippen molar-refractivity contribution in [2.75, 3.05) is 5.75 Å². The molecule has 0 saturated heterocycles. The summed E-state index contributed by atoms with van der Waals surface area (Å²) in [6.07, 6.45) is -4.74. The quantitative estimate of drug-likeness (QED) is 0.748. The van der Waals surface area contributed by atoms with E-state index in [0.29, 0.717) is 5.39 Å². The molecule has 0 aliphatic rings. The number of benzene rings is 2. The number of carboxylic acid groups (broad SMARTS) is 1. The maximum absolute atomic E-state index is 13.2. The maximum Gasteiger partial charge on any atom is 0.417 e. The number of carbonyl (C=O) groups excluding carboxylic acids is 1. The molecule has 23 heavy (non-hydrogen) atoms. The van der Waals surface area contributed by atoms with Crippen LogP contribution in [0.1, 0.15) is 15.9 Å². The minimum Gasteiger partial charge on any atom is -0.480 e. The number of carboxylic acids is 1. The molecule has 2 rings (SSSR count). The van der Waals surface area contributed by atoms with Crippen molar-refractivity contribution < 1.29 is 27.9 Å². The molecule has 2 aromatic carbocycles. The van der Waals surface area contributed by atoms with Crippen LogP contribution in [0.5, 0.6) is 0 Å². The second-order valence-corrected chi connectivity index (χ2v) is 5.12. The normalized spacial score (nSPS) is 12.9. The van der Waals surface area contributed by atoms with Gasteiger partial charge in [-0.2, -0.15) is 25.8 Å². The molecule has 0 saturated carbocycles. The van der Waals surface area contributed by atoms with Crippen molar-refractivity contribution in [3.63, 3.8) is 0 Å². The molecular weight excluding hydrogens is 331 g/mol. The first-order chi connectivity index (χ1) is 10.8. The molecule has 2 aromatic rings. The van der Waals surface area contributed by atoms with Crippen LogP contribution in [0.2, 0.25) is 0 Å². The molecule has 0 aliphatic carbocycles. The number of hydrogen-bond acceptors (Lipinski definition) is 3. The van der Waals surface area contributed by atoms with Gasteiger partial charge in [0.05, 0.1) is 11.1 Å². The topological polar surface area (TPSA) is 66.4 Å². The summed E-state index contributed by atoms with van der Waals surface area (Å²) in [5.74, 6) is -2.72. The highest BCUT2D eigenvalue weighted by Crippen LogP contribution is 2.35. The lowest BCUT2D eigenvalue weighted by Crippen LogP contribution is -2.42. The number of halogens is 3. The summed E-state index contributed by atoms with van der Waals surface area (Å²) >= 11 is 3.78. The van der Waals surface area contributed by atoms with Crippen molar-refractivity contribution >= 4 is 35.3 Å². The van der Waals surface area contributed by atoms with E-state index in [0.717, 1.165) is 6.07 Å². The van der Waals surface area contributed by atoms with Gasteiger partial charge in [-0.05, 0) is 16.8 Å². The number of thiol groups is 1. The lowest BCUT2D eigenvalue weighted by Gasteiger charge is -2.17. The van der Waals surface area contributed by atoms with E-state index in [-0.39, 0.29) is 11.1 Å². The number of nitrogens with one attached hydrogen (secondary N) is 1. The standard InChI is InChI=1S/C15H12F3NO3S/c16-15(17,18)10-6-5-8-3-1-2-4-9(8)12(10)13(20)19-11(7-23)14(21)22/h1-6,11,23H,7H2,(H,19,20)(H,21,22)/t11-/m0/s1. The van der Waals surface area contributed by atoms with Gasteiger partial charge in [0.25, 0.3) is 5.91 Å². The summed E-state index contributed by atoms with van der Waals surface area (Å²) in [7, 11) is 0. The van der Waals surface area contributed by atoms with Crippen molar-refractivity contribution in [1.29, 1.82) is 0 Å². The molecule has 2 N–H and O–H groups in total. The minimum absolute atomic E-state index is 0.100. The van der Waals surface area contributed by atoms with Gasteiger partial charge in [0.15, 0.2) is 0 Å². The van der Waals surface area contributed by atoms with Gasteiger partial charge in [0.1, 0.15) is 6.04 Å². The molecule has 0 radical (unpaired) electrons. The van der Waals surface area contributed by atoms with Crippen molar-refractivity contribution in [2.45, 2.75) is 12.2 Å². The monoisotopic (exact) mass is 343 g/mol. The SMILES string of the molecule is O=C(N[C@@H](CS)C(=O)O)c1c(C(F)(F)F)ccc2ccccc12. The zero-order valence-electron chi connectivity index (χ0n) is 11.6. The third-order valence-electron chi connectivity index (χ3n) is 3.25. The van der Waals surface area contributed by atoms with E-state index in [1.165, 1.54) is 18.2 Å². The molecular formula is C15H12F3NO3S. The van der Waals surface area contributed by atoms with Crippen molar-refractivity contribution in [3.8, 4) is 0 Å². The van der Waals surface area contributed by atoms with Gasteiger partial charge < -0.3 is 10.4 Å². The lowest BCUT2D eigenvalue weighted by molar-refractivity contribution is -0.138. The highest BCUT2D eigenvalue weighted by molar-refractivity contribution is 7.80. The molecule has 0 aliphatic heterocycles. The van der Waals surface area contributed by atoms with E-state index in [1.807, 2.05) is 0 Å². The number of fused-ring (bicyclic) bond motifs is 1. The van der Waals surface area contributed by atoms with Gasteiger partial charge >= 0.3 is 12.1 Å². The van der Waals surface area contributed by atoms with Gasteiger partial charge in [0, 0.05) is 5.75 Å².